The molecule has 4 heterocycles. The van der Waals surface area contributed by atoms with Crippen LogP contribution in [0.5, 0.6) is 5.75 Å². The van der Waals surface area contributed by atoms with Crippen LogP contribution in [0.3, 0.4) is 0 Å². The summed E-state index contributed by atoms with van der Waals surface area (Å²) in [6, 6.07) is 9.54. The highest BCUT2D eigenvalue weighted by Crippen LogP contribution is 2.29. The monoisotopic (exact) mass is 438 g/mol. The van der Waals surface area contributed by atoms with Gasteiger partial charge in [0.05, 0.1) is 25.2 Å². The Balaban J connectivity index is 1.33. The summed E-state index contributed by atoms with van der Waals surface area (Å²) in [6.07, 6.45) is 4.84. The molecule has 0 aliphatic carbocycles. The molecule has 2 aromatic heterocycles. The number of hydrogen-bond acceptors (Lipinski definition) is 7. The fourth-order valence-electron chi connectivity index (χ4n) is 4.10. The molecule has 0 bridgehead atoms. The predicted molar refractivity (Wildman–Crippen MR) is 119 cm³/mol. The number of thioether (sulfide) groups is 1. The maximum atomic E-state index is 12.8. The Bertz CT molecular complexity index is 1050. The van der Waals surface area contributed by atoms with Crippen molar-refractivity contribution in [3.05, 3.63) is 53.5 Å². The average molecular weight is 439 g/mol. The second kappa shape index (κ2) is 8.78. The first-order chi connectivity index (χ1) is 15.2. The van der Waals surface area contributed by atoms with Crippen LogP contribution in [0.2, 0.25) is 0 Å². The molecule has 1 fully saturated rings. The van der Waals surface area contributed by atoms with Crippen LogP contribution in [0.4, 0.5) is 5.95 Å². The number of carbonyl (C=O) groups excluding carboxylic acids is 1. The van der Waals surface area contributed by atoms with Crippen LogP contribution in [0.15, 0.2) is 46.2 Å². The number of ketones is 1. The number of ether oxygens (including phenoxy) is 1. The van der Waals surface area contributed by atoms with Crippen molar-refractivity contribution in [3.8, 4) is 5.75 Å². The molecular formula is C23H26N4O3S. The normalized spacial score (nSPS) is 16.4. The fourth-order valence-corrected chi connectivity index (χ4v) is 4.93. The Morgan fingerprint density at radius 1 is 1.23 bits per heavy atom. The molecule has 1 aromatic carbocycles. The van der Waals surface area contributed by atoms with Crippen molar-refractivity contribution in [3.63, 3.8) is 0 Å². The van der Waals surface area contributed by atoms with Gasteiger partial charge in [0, 0.05) is 25.1 Å². The molecule has 0 atom stereocenters. The van der Waals surface area contributed by atoms with Gasteiger partial charge in [0.25, 0.3) is 0 Å². The quantitative estimate of drug-likeness (QED) is 0.407. The van der Waals surface area contributed by atoms with Gasteiger partial charge in [-0.1, -0.05) is 18.7 Å². The van der Waals surface area contributed by atoms with Crippen molar-refractivity contribution in [2.24, 2.45) is 5.92 Å². The fraction of sp³-hybridized carbons (Fsp3) is 0.435. The molecule has 7 nitrogen and oxygen atoms in total. The van der Waals surface area contributed by atoms with Crippen LogP contribution < -0.4 is 9.64 Å². The number of rotatable bonds is 7. The number of nitrogens with zero attached hydrogens (tertiary/aromatic N) is 4. The average Bonchev–Trinajstić information content (AvgIpc) is 3.54. The van der Waals surface area contributed by atoms with E-state index in [0.717, 1.165) is 72.0 Å². The Morgan fingerprint density at radius 2 is 2.10 bits per heavy atom. The van der Waals surface area contributed by atoms with Crippen molar-refractivity contribution < 1.29 is 13.9 Å². The molecule has 0 amide bonds. The lowest BCUT2D eigenvalue weighted by molar-refractivity contribution is 0.102. The van der Waals surface area contributed by atoms with Gasteiger partial charge in [-0.15, -0.1) is 10.2 Å². The molecule has 2 aliphatic rings. The molecule has 5 rings (SSSR count). The molecule has 8 heteroatoms. The molecule has 2 aliphatic heterocycles. The minimum atomic E-state index is 0.0839. The zero-order chi connectivity index (χ0) is 21.2. The van der Waals surface area contributed by atoms with Crippen LogP contribution in [0.25, 0.3) is 0 Å². The van der Waals surface area contributed by atoms with Crippen LogP contribution in [-0.2, 0) is 13.0 Å². The largest absolute Gasteiger partial charge is 0.493 e. The molecule has 3 aromatic rings. The smallest absolute Gasteiger partial charge is 0.228 e. The van der Waals surface area contributed by atoms with Crippen molar-refractivity contribution >= 4 is 23.5 Å². The van der Waals surface area contributed by atoms with Crippen LogP contribution in [0, 0.1) is 5.92 Å². The van der Waals surface area contributed by atoms with Crippen LogP contribution in [0.1, 0.15) is 41.4 Å². The van der Waals surface area contributed by atoms with E-state index < -0.39 is 0 Å². The number of fused-ring (bicyclic) bond motifs is 1. The summed E-state index contributed by atoms with van der Waals surface area (Å²) in [5.74, 6) is 3.73. The van der Waals surface area contributed by atoms with Crippen molar-refractivity contribution in [1.82, 2.24) is 14.8 Å². The van der Waals surface area contributed by atoms with E-state index in [9.17, 15) is 4.79 Å². The molecule has 31 heavy (non-hydrogen) atoms. The zero-order valence-electron chi connectivity index (χ0n) is 17.6. The third kappa shape index (κ3) is 4.35. The molecule has 0 N–H and O–H groups in total. The van der Waals surface area contributed by atoms with Crippen LogP contribution in [-0.4, -0.2) is 46.0 Å². The first kappa shape index (κ1) is 20.2. The molecule has 162 valence electrons. The van der Waals surface area contributed by atoms with E-state index in [2.05, 4.69) is 26.6 Å². The summed E-state index contributed by atoms with van der Waals surface area (Å²) < 4.78 is 13.2. The summed E-state index contributed by atoms with van der Waals surface area (Å²) in [5.41, 5.74) is 1.83. The minimum absolute atomic E-state index is 0.0839. The number of piperidine rings is 1. The molecule has 0 radical (unpaired) electrons. The van der Waals surface area contributed by atoms with Crippen molar-refractivity contribution in [1.29, 1.82) is 0 Å². The third-order valence-corrected chi connectivity index (χ3v) is 6.97. The molecular weight excluding hydrogens is 412 g/mol. The van der Waals surface area contributed by atoms with Gasteiger partial charge >= 0.3 is 0 Å². The van der Waals surface area contributed by atoms with Crippen molar-refractivity contribution in [2.45, 2.75) is 37.9 Å². The van der Waals surface area contributed by atoms with E-state index in [0.29, 0.717) is 18.9 Å². The topological polar surface area (TPSA) is 73.4 Å². The summed E-state index contributed by atoms with van der Waals surface area (Å²) in [7, 11) is 0. The van der Waals surface area contributed by atoms with E-state index in [1.165, 1.54) is 11.8 Å². The number of anilines is 1. The maximum absolute atomic E-state index is 12.8. The van der Waals surface area contributed by atoms with E-state index in [1.54, 1.807) is 6.26 Å². The first-order valence-electron chi connectivity index (χ1n) is 10.8. The highest BCUT2D eigenvalue weighted by atomic mass is 32.2. The van der Waals surface area contributed by atoms with Gasteiger partial charge in [-0.05, 0) is 54.7 Å². The minimum Gasteiger partial charge on any atom is -0.493 e. The van der Waals surface area contributed by atoms with Gasteiger partial charge < -0.3 is 14.1 Å². The summed E-state index contributed by atoms with van der Waals surface area (Å²) in [6.45, 7) is 5.48. The predicted octanol–water partition coefficient (Wildman–Crippen LogP) is 4.07. The van der Waals surface area contributed by atoms with Gasteiger partial charge in [0.2, 0.25) is 5.95 Å². The van der Waals surface area contributed by atoms with Gasteiger partial charge in [0.15, 0.2) is 10.9 Å². The lowest BCUT2D eigenvalue weighted by atomic mass is 10.00. The Labute approximate surface area is 185 Å². The lowest BCUT2D eigenvalue weighted by Gasteiger charge is -2.31. The lowest BCUT2D eigenvalue weighted by Crippen LogP contribution is -2.35. The maximum Gasteiger partial charge on any atom is 0.228 e. The Hall–Kier alpha value is -2.74. The highest BCUT2D eigenvalue weighted by Gasteiger charge is 2.24. The van der Waals surface area contributed by atoms with Crippen molar-refractivity contribution in [2.75, 3.05) is 30.3 Å². The van der Waals surface area contributed by atoms with Gasteiger partial charge in [-0.3, -0.25) is 9.36 Å². The SMILES string of the molecule is CC1CCN(c2nnc(SCC(=O)c3ccc4c(c3)CCO4)n2Cc2ccco2)CC1. The molecule has 0 unspecified atom stereocenters. The summed E-state index contributed by atoms with van der Waals surface area (Å²) >= 11 is 1.43. The number of Topliss-reactive ketones (excluding diaryl/α,β-unsaturated/α-hetero) is 1. The van der Waals surface area contributed by atoms with Gasteiger partial charge in [0.1, 0.15) is 11.5 Å². The molecule has 0 spiro atoms. The van der Waals surface area contributed by atoms with E-state index >= 15 is 0 Å². The number of furan rings is 1. The first-order valence-corrected chi connectivity index (χ1v) is 11.8. The molecule has 0 saturated carbocycles. The standard InChI is InChI=1S/C23H26N4O3S/c1-16-6-9-26(10-7-16)22-24-25-23(27(22)14-19-3-2-11-29-19)31-15-20(28)17-4-5-21-18(13-17)8-12-30-21/h2-5,11,13,16H,6-10,12,14-15H2,1H3. The second-order valence-corrected chi connectivity index (χ2v) is 9.19. The zero-order valence-corrected chi connectivity index (χ0v) is 18.4. The number of benzene rings is 1. The van der Waals surface area contributed by atoms with E-state index in [1.807, 2.05) is 30.3 Å². The summed E-state index contributed by atoms with van der Waals surface area (Å²) in [5, 5.41) is 9.67. The highest BCUT2D eigenvalue weighted by molar-refractivity contribution is 7.99. The number of carbonyl (C=O) groups is 1. The Kier molecular flexibility index (Phi) is 5.72. The second-order valence-electron chi connectivity index (χ2n) is 8.25. The number of aromatic nitrogens is 3. The van der Waals surface area contributed by atoms with E-state index in [4.69, 9.17) is 9.15 Å². The number of hydrogen-bond donors (Lipinski definition) is 0. The third-order valence-electron chi connectivity index (χ3n) is 6.00. The molecule has 1 saturated heterocycles. The van der Waals surface area contributed by atoms with E-state index in [-0.39, 0.29) is 5.78 Å². The van der Waals surface area contributed by atoms with Gasteiger partial charge in [-0.25, -0.2) is 0 Å². The summed E-state index contributed by atoms with van der Waals surface area (Å²) in [4.78, 5) is 15.1. The van der Waals surface area contributed by atoms with Crippen LogP contribution >= 0.6 is 11.8 Å². The van der Waals surface area contributed by atoms with Gasteiger partial charge in [-0.2, -0.15) is 0 Å². The Morgan fingerprint density at radius 3 is 2.90 bits per heavy atom.